The molecule has 1 atom stereocenters. The first-order valence-electron chi connectivity index (χ1n) is 11.3. The van der Waals surface area contributed by atoms with Crippen molar-refractivity contribution in [2.75, 3.05) is 28.3 Å². The highest BCUT2D eigenvalue weighted by atomic mass is 35.5. The maximum atomic E-state index is 13.2. The molecule has 1 aromatic heterocycles. The van der Waals surface area contributed by atoms with Gasteiger partial charge in [-0.1, -0.05) is 29.8 Å². The Kier molecular flexibility index (Phi) is 8.66. The number of aromatic nitrogens is 3. The number of dihydropyridines is 1. The monoisotopic (exact) mass is 563 g/mol. The zero-order valence-electron chi connectivity index (χ0n) is 20.0. The minimum absolute atomic E-state index is 0.0800. The molecule has 4 rings (SSSR count). The van der Waals surface area contributed by atoms with E-state index in [1.54, 1.807) is 42.8 Å². The van der Waals surface area contributed by atoms with E-state index < -0.39 is 18.3 Å². The van der Waals surface area contributed by atoms with Crippen molar-refractivity contribution in [2.24, 2.45) is 5.10 Å². The number of ether oxygens (including phenoxy) is 1. The molecule has 15 heteroatoms. The Hall–Kier alpha value is -4.59. The van der Waals surface area contributed by atoms with Gasteiger partial charge in [-0.3, -0.25) is 0 Å². The van der Waals surface area contributed by atoms with Gasteiger partial charge >= 0.3 is 12.5 Å². The number of anilines is 5. The summed E-state index contributed by atoms with van der Waals surface area (Å²) < 4.78 is 55.2. The number of hydrogen-bond acceptors (Lipinski definition) is 10. The number of nitrogens with two attached hydrogens (primary N) is 1. The predicted molar refractivity (Wildman–Crippen MR) is 142 cm³/mol. The second-order valence-corrected chi connectivity index (χ2v) is 8.43. The molecule has 0 saturated heterocycles. The van der Waals surface area contributed by atoms with Crippen molar-refractivity contribution in [3.8, 4) is 5.75 Å². The fourth-order valence-electron chi connectivity index (χ4n) is 3.03. The Morgan fingerprint density at radius 3 is 2.41 bits per heavy atom. The number of nitrogen functional groups attached to an aromatic ring is 1. The first-order valence-corrected chi connectivity index (χ1v) is 11.7. The van der Waals surface area contributed by atoms with E-state index in [-0.39, 0.29) is 23.3 Å². The van der Waals surface area contributed by atoms with Crippen molar-refractivity contribution >= 4 is 47.0 Å². The van der Waals surface area contributed by atoms with Crippen LogP contribution in [-0.4, -0.2) is 45.7 Å². The lowest BCUT2D eigenvalue weighted by Gasteiger charge is -2.17. The van der Waals surface area contributed by atoms with Crippen LogP contribution in [0, 0.1) is 0 Å². The molecule has 204 valence electrons. The van der Waals surface area contributed by atoms with Crippen LogP contribution in [0.1, 0.15) is 5.56 Å². The van der Waals surface area contributed by atoms with Crippen molar-refractivity contribution < 1.29 is 22.3 Å². The molecule has 0 fully saturated rings. The number of hydrazone groups is 1. The largest absolute Gasteiger partial charge is 0.461 e. The van der Waals surface area contributed by atoms with Crippen LogP contribution in [0.25, 0.3) is 0 Å². The summed E-state index contributed by atoms with van der Waals surface area (Å²) in [5, 5.41) is 13.1. The van der Waals surface area contributed by atoms with Gasteiger partial charge in [0.2, 0.25) is 17.8 Å². The summed E-state index contributed by atoms with van der Waals surface area (Å²) in [5.41, 5.74) is 10.8. The van der Waals surface area contributed by atoms with Gasteiger partial charge in [0.1, 0.15) is 11.3 Å². The average Bonchev–Trinajstić information content (AvgIpc) is 2.90. The summed E-state index contributed by atoms with van der Waals surface area (Å²) in [6.07, 6.45) is -1.65. The molecular weight excluding hydrogens is 542 g/mol. The van der Waals surface area contributed by atoms with E-state index in [0.29, 0.717) is 17.9 Å². The normalized spacial score (nSPS) is 15.1. The smallest absolute Gasteiger partial charge is 0.428 e. The molecule has 2 heterocycles. The first kappa shape index (κ1) is 27.4. The maximum Gasteiger partial charge on any atom is 0.461 e. The fourth-order valence-corrected chi connectivity index (χ4v) is 3.17. The van der Waals surface area contributed by atoms with Gasteiger partial charge in [0.15, 0.2) is 0 Å². The molecule has 1 unspecified atom stereocenters. The molecule has 0 aliphatic carbocycles. The molecule has 0 saturated carbocycles. The summed E-state index contributed by atoms with van der Waals surface area (Å²) in [6.45, 7) is 0.356. The SMILES string of the molecule is Nc1ccc(/C=N/Nc2nc(NCC3=CNC(Cl)C=C3)nc(Nc3ccc(OC(F)(F)C(F)F)cc3)n2)cc1. The third-order valence-corrected chi connectivity index (χ3v) is 5.20. The fraction of sp³-hybridized carbons (Fsp3) is 0.167. The highest BCUT2D eigenvalue weighted by molar-refractivity contribution is 6.21. The van der Waals surface area contributed by atoms with Crippen molar-refractivity contribution in [3.05, 3.63) is 78.0 Å². The summed E-state index contributed by atoms with van der Waals surface area (Å²) in [5.74, 6) is -0.0805. The van der Waals surface area contributed by atoms with E-state index in [1.807, 2.05) is 6.08 Å². The molecule has 1 aliphatic rings. The van der Waals surface area contributed by atoms with Gasteiger partial charge in [-0.05, 0) is 53.6 Å². The number of rotatable bonds is 11. The van der Waals surface area contributed by atoms with E-state index in [1.165, 1.54) is 12.1 Å². The average molecular weight is 564 g/mol. The number of alkyl halides is 5. The summed E-state index contributed by atoms with van der Waals surface area (Å²) >= 11 is 5.96. The summed E-state index contributed by atoms with van der Waals surface area (Å²) in [7, 11) is 0. The predicted octanol–water partition coefficient (Wildman–Crippen LogP) is 4.90. The second kappa shape index (κ2) is 12.3. The molecule has 3 aromatic rings. The van der Waals surface area contributed by atoms with Crippen LogP contribution in [0.2, 0.25) is 0 Å². The van der Waals surface area contributed by atoms with Gasteiger partial charge in [-0.15, -0.1) is 0 Å². The minimum atomic E-state index is -4.61. The molecule has 1 aliphatic heterocycles. The Balaban J connectivity index is 1.49. The van der Waals surface area contributed by atoms with Gasteiger partial charge in [-0.25, -0.2) is 5.43 Å². The molecule has 10 nitrogen and oxygen atoms in total. The van der Waals surface area contributed by atoms with Gasteiger partial charge in [0.25, 0.3) is 0 Å². The Labute approximate surface area is 225 Å². The third-order valence-electron chi connectivity index (χ3n) is 4.93. The quantitative estimate of drug-likeness (QED) is 0.0551. The second-order valence-electron chi connectivity index (χ2n) is 7.96. The zero-order chi connectivity index (χ0) is 27.8. The molecule has 0 amide bonds. The van der Waals surface area contributed by atoms with E-state index >= 15 is 0 Å². The highest BCUT2D eigenvalue weighted by Gasteiger charge is 2.43. The Morgan fingerprint density at radius 2 is 1.74 bits per heavy atom. The molecular formula is C24H22ClF4N9O. The Bertz CT molecular complexity index is 1350. The van der Waals surface area contributed by atoms with Gasteiger partial charge < -0.3 is 26.4 Å². The van der Waals surface area contributed by atoms with Crippen molar-refractivity contribution in [2.45, 2.75) is 18.0 Å². The number of hydrogen-bond donors (Lipinski definition) is 5. The van der Waals surface area contributed by atoms with E-state index in [2.05, 4.69) is 46.2 Å². The lowest BCUT2D eigenvalue weighted by Crippen LogP contribution is -2.33. The van der Waals surface area contributed by atoms with Crippen molar-refractivity contribution in [1.29, 1.82) is 0 Å². The third kappa shape index (κ3) is 8.20. The van der Waals surface area contributed by atoms with Crippen molar-refractivity contribution in [3.63, 3.8) is 0 Å². The van der Waals surface area contributed by atoms with Crippen LogP contribution in [0.4, 0.5) is 46.8 Å². The molecule has 0 bridgehead atoms. The van der Waals surface area contributed by atoms with Gasteiger partial charge in [0.05, 0.1) is 6.21 Å². The lowest BCUT2D eigenvalue weighted by atomic mass is 10.2. The summed E-state index contributed by atoms with van der Waals surface area (Å²) in [6, 6.07) is 11.9. The van der Waals surface area contributed by atoms with E-state index in [0.717, 1.165) is 23.3 Å². The standard InChI is InChI=1S/C24H22ClF4N9O/c25-19-10-3-15(11-31-19)12-32-21-35-22(34-17-6-8-18(9-7-17)39-24(28,29)20(26)27)37-23(36-21)38-33-13-14-1-4-16(30)5-2-14/h1-11,13,19-20,31H,12,30H2,(H3,32,34,35,36,37,38)/b33-13+. The molecule has 0 spiro atoms. The topological polar surface area (TPSA) is 134 Å². The van der Waals surface area contributed by atoms with Crippen LogP contribution in [0.15, 0.2) is 77.6 Å². The van der Waals surface area contributed by atoms with Crippen molar-refractivity contribution in [1.82, 2.24) is 20.3 Å². The van der Waals surface area contributed by atoms with Crippen LogP contribution in [0.3, 0.4) is 0 Å². The van der Waals surface area contributed by atoms with E-state index in [4.69, 9.17) is 17.3 Å². The Morgan fingerprint density at radius 1 is 1.05 bits per heavy atom. The first-order chi connectivity index (χ1) is 18.7. The maximum absolute atomic E-state index is 13.2. The molecule has 39 heavy (non-hydrogen) atoms. The van der Waals surface area contributed by atoms with Gasteiger partial charge in [0, 0.05) is 24.1 Å². The number of benzene rings is 2. The molecule has 2 aromatic carbocycles. The van der Waals surface area contributed by atoms with Crippen LogP contribution in [-0.2, 0) is 0 Å². The molecule has 0 radical (unpaired) electrons. The highest BCUT2D eigenvalue weighted by Crippen LogP contribution is 2.28. The van der Waals surface area contributed by atoms with E-state index in [9.17, 15) is 17.6 Å². The van der Waals surface area contributed by atoms with Crippen LogP contribution >= 0.6 is 11.6 Å². The number of nitrogens with zero attached hydrogens (tertiary/aromatic N) is 4. The van der Waals surface area contributed by atoms with Crippen LogP contribution in [0.5, 0.6) is 5.75 Å². The zero-order valence-corrected chi connectivity index (χ0v) is 20.7. The minimum Gasteiger partial charge on any atom is -0.428 e. The van der Waals surface area contributed by atoms with Gasteiger partial charge in [-0.2, -0.15) is 37.6 Å². The van der Waals surface area contributed by atoms with Crippen LogP contribution < -0.4 is 31.8 Å². The lowest BCUT2D eigenvalue weighted by molar-refractivity contribution is -0.253. The molecule has 6 N–H and O–H groups in total. The number of nitrogens with one attached hydrogen (secondary N) is 4. The summed E-state index contributed by atoms with van der Waals surface area (Å²) in [4.78, 5) is 12.9. The number of halogens is 5.